The maximum Gasteiger partial charge on any atom is 0.244 e. The van der Waals surface area contributed by atoms with Gasteiger partial charge in [0.05, 0.1) is 19.2 Å². The molecule has 1 fully saturated rings. The summed E-state index contributed by atoms with van der Waals surface area (Å²) in [5.74, 6) is 0.590. The summed E-state index contributed by atoms with van der Waals surface area (Å²) in [6.45, 7) is 4.17. The Morgan fingerprint density at radius 2 is 1.60 bits per heavy atom. The van der Waals surface area contributed by atoms with Crippen LogP contribution in [-0.2, 0) is 10.2 Å². The SMILES string of the molecule is COc1ccc(C=NNC(=O)[C@@H]2CC2(c2cccc(C)c2)c2cccc(C)c2)cc1. The first-order valence-electron chi connectivity index (χ1n) is 10.1. The lowest BCUT2D eigenvalue weighted by Crippen LogP contribution is -2.25. The average Bonchev–Trinajstić information content (AvgIpc) is 3.51. The molecule has 1 saturated carbocycles. The zero-order valence-electron chi connectivity index (χ0n) is 17.6. The second kappa shape index (κ2) is 8.15. The number of carbonyl (C=O) groups is 1. The molecule has 1 N–H and O–H groups in total. The van der Waals surface area contributed by atoms with Crippen molar-refractivity contribution in [2.75, 3.05) is 7.11 Å². The summed E-state index contributed by atoms with van der Waals surface area (Å²) in [6, 6.07) is 24.5. The summed E-state index contributed by atoms with van der Waals surface area (Å²) in [7, 11) is 1.63. The van der Waals surface area contributed by atoms with Crippen LogP contribution in [0.5, 0.6) is 5.75 Å². The van der Waals surface area contributed by atoms with Crippen LogP contribution in [0.3, 0.4) is 0 Å². The molecule has 1 aliphatic carbocycles. The van der Waals surface area contributed by atoms with Crippen LogP contribution < -0.4 is 10.2 Å². The smallest absolute Gasteiger partial charge is 0.244 e. The van der Waals surface area contributed by atoms with Crippen LogP contribution in [0.1, 0.15) is 34.2 Å². The molecular formula is C26H26N2O2. The largest absolute Gasteiger partial charge is 0.497 e. The van der Waals surface area contributed by atoms with Crippen LogP contribution >= 0.6 is 0 Å². The number of carbonyl (C=O) groups excluding carboxylic acids is 1. The van der Waals surface area contributed by atoms with Gasteiger partial charge in [-0.05, 0) is 61.2 Å². The van der Waals surface area contributed by atoms with E-state index in [1.165, 1.54) is 22.3 Å². The van der Waals surface area contributed by atoms with Gasteiger partial charge in [0.15, 0.2) is 0 Å². The Morgan fingerprint density at radius 3 is 2.13 bits per heavy atom. The van der Waals surface area contributed by atoms with Crippen molar-refractivity contribution in [3.05, 3.63) is 101 Å². The summed E-state index contributed by atoms with van der Waals surface area (Å²) in [5.41, 5.74) is 8.12. The zero-order valence-corrected chi connectivity index (χ0v) is 17.6. The van der Waals surface area contributed by atoms with E-state index in [9.17, 15) is 4.79 Å². The Bertz CT molecular complexity index is 1040. The summed E-state index contributed by atoms with van der Waals surface area (Å²) in [6.07, 6.45) is 2.44. The number of methoxy groups -OCH3 is 1. The normalized spacial score (nSPS) is 17.0. The molecule has 0 radical (unpaired) electrons. The first-order valence-corrected chi connectivity index (χ1v) is 10.1. The molecule has 1 atom stereocenters. The number of ether oxygens (including phenoxy) is 1. The molecule has 3 aromatic rings. The van der Waals surface area contributed by atoms with E-state index in [-0.39, 0.29) is 17.2 Å². The number of aryl methyl sites for hydroxylation is 2. The fraction of sp³-hybridized carbons (Fsp3) is 0.231. The van der Waals surface area contributed by atoms with Gasteiger partial charge in [-0.25, -0.2) is 5.43 Å². The fourth-order valence-corrected chi connectivity index (χ4v) is 4.17. The fourth-order valence-electron chi connectivity index (χ4n) is 4.17. The molecule has 0 spiro atoms. The lowest BCUT2D eigenvalue weighted by molar-refractivity contribution is -0.122. The van der Waals surface area contributed by atoms with Gasteiger partial charge in [0, 0.05) is 5.41 Å². The third-order valence-electron chi connectivity index (χ3n) is 5.85. The predicted molar refractivity (Wildman–Crippen MR) is 120 cm³/mol. The van der Waals surface area contributed by atoms with E-state index in [4.69, 9.17) is 4.74 Å². The molecule has 1 aliphatic rings. The number of rotatable bonds is 6. The molecule has 4 nitrogen and oxygen atoms in total. The third kappa shape index (κ3) is 3.86. The van der Waals surface area contributed by atoms with Crippen molar-refractivity contribution in [1.82, 2.24) is 5.43 Å². The monoisotopic (exact) mass is 398 g/mol. The molecule has 152 valence electrons. The van der Waals surface area contributed by atoms with E-state index in [1.807, 2.05) is 24.3 Å². The van der Waals surface area contributed by atoms with Crippen molar-refractivity contribution in [3.8, 4) is 5.75 Å². The minimum Gasteiger partial charge on any atom is -0.497 e. The average molecular weight is 399 g/mol. The number of hydrazone groups is 1. The van der Waals surface area contributed by atoms with Crippen LogP contribution in [-0.4, -0.2) is 19.2 Å². The molecular weight excluding hydrogens is 372 g/mol. The van der Waals surface area contributed by atoms with Crippen molar-refractivity contribution in [3.63, 3.8) is 0 Å². The Labute approximate surface area is 177 Å². The van der Waals surface area contributed by atoms with Gasteiger partial charge in [0.1, 0.15) is 5.75 Å². The van der Waals surface area contributed by atoms with Gasteiger partial charge in [0.2, 0.25) is 5.91 Å². The first-order chi connectivity index (χ1) is 14.5. The first kappa shape index (κ1) is 19.9. The molecule has 1 amide bonds. The molecule has 3 aromatic carbocycles. The predicted octanol–water partition coefficient (Wildman–Crippen LogP) is 4.77. The van der Waals surface area contributed by atoms with Crippen LogP contribution in [0.4, 0.5) is 0 Å². The van der Waals surface area contributed by atoms with Crippen LogP contribution in [0.25, 0.3) is 0 Å². The minimum atomic E-state index is -0.294. The number of hydrogen-bond donors (Lipinski definition) is 1. The number of benzene rings is 3. The zero-order chi connectivity index (χ0) is 21.1. The Balaban J connectivity index is 1.55. The van der Waals surface area contributed by atoms with Crippen LogP contribution in [0.15, 0.2) is 77.9 Å². The molecule has 0 aromatic heterocycles. The maximum atomic E-state index is 13.0. The molecule has 0 saturated heterocycles. The Kier molecular flexibility index (Phi) is 5.40. The molecule has 0 aliphatic heterocycles. The molecule has 0 unspecified atom stereocenters. The quantitative estimate of drug-likeness (QED) is 0.480. The van der Waals surface area contributed by atoms with Crippen molar-refractivity contribution < 1.29 is 9.53 Å². The van der Waals surface area contributed by atoms with E-state index in [1.54, 1.807) is 13.3 Å². The second-order valence-corrected chi connectivity index (χ2v) is 7.97. The Hall–Kier alpha value is -3.40. The van der Waals surface area contributed by atoms with Crippen LogP contribution in [0.2, 0.25) is 0 Å². The molecule has 0 heterocycles. The topological polar surface area (TPSA) is 50.7 Å². The molecule has 4 rings (SSSR count). The molecule has 30 heavy (non-hydrogen) atoms. The standard InChI is InChI=1S/C26H26N2O2/c1-18-6-4-8-21(14-18)26(22-9-5-7-19(2)15-22)16-24(26)25(29)28-27-17-20-10-12-23(30-3)13-11-20/h4-15,17,24H,16H2,1-3H3,(H,28,29)/t24-/m0/s1. The highest BCUT2D eigenvalue weighted by Crippen LogP contribution is 2.59. The maximum absolute atomic E-state index is 13.0. The van der Waals surface area contributed by atoms with Crippen molar-refractivity contribution >= 4 is 12.1 Å². The number of amides is 1. The van der Waals surface area contributed by atoms with E-state index >= 15 is 0 Å². The van der Waals surface area contributed by atoms with E-state index in [0.717, 1.165) is 17.7 Å². The minimum absolute atomic E-state index is 0.0530. The summed E-state index contributed by atoms with van der Waals surface area (Å²) >= 11 is 0. The number of hydrogen-bond acceptors (Lipinski definition) is 3. The summed E-state index contributed by atoms with van der Waals surface area (Å²) in [5, 5.41) is 4.18. The van der Waals surface area contributed by atoms with Gasteiger partial charge >= 0.3 is 0 Å². The van der Waals surface area contributed by atoms with Crippen molar-refractivity contribution in [1.29, 1.82) is 0 Å². The summed E-state index contributed by atoms with van der Waals surface area (Å²) < 4.78 is 5.16. The van der Waals surface area contributed by atoms with Crippen molar-refractivity contribution in [2.45, 2.75) is 25.7 Å². The van der Waals surface area contributed by atoms with Gasteiger partial charge < -0.3 is 4.74 Å². The van der Waals surface area contributed by atoms with Gasteiger partial charge in [0.25, 0.3) is 0 Å². The highest BCUT2D eigenvalue weighted by molar-refractivity contribution is 5.87. The molecule has 0 bridgehead atoms. The molecule has 4 heteroatoms. The van der Waals surface area contributed by atoms with Gasteiger partial charge in [-0.3, -0.25) is 4.79 Å². The van der Waals surface area contributed by atoms with E-state index in [2.05, 4.69) is 72.9 Å². The van der Waals surface area contributed by atoms with Crippen molar-refractivity contribution in [2.24, 2.45) is 11.0 Å². The second-order valence-electron chi connectivity index (χ2n) is 7.97. The Morgan fingerprint density at radius 1 is 1.00 bits per heavy atom. The third-order valence-corrected chi connectivity index (χ3v) is 5.85. The lowest BCUT2D eigenvalue weighted by Gasteiger charge is -2.19. The van der Waals surface area contributed by atoms with E-state index < -0.39 is 0 Å². The van der Waals surface area contributed by atoms with Gasteiger partial charge in [-0.1, -0.05) is 59.7 Å². The number of nitrogens with one attached hydrogen (secondary N) is 1. The number of nitrogens with zero attached hydrogens (tertiary/aromatic N) is 1. The lowest BCUT2D eigenvalue weighted by atomic mass is 9.84. The highest BCUT2D eigenvalue weighted by Gasteiger charge is 2.60. The van der Waals surface area contributed by atoms with Crippen LogP contribution in [0, 0.1) is 19.8 Å². The highest BCUT2D eigenvalue weighted by atomic mass is 16.5. The summed E-state index contributed by atoms with van der Waals surface area (Å²) in [4.78, 5) is 13.0. The van der Waals surface area contributed by atoms with Gasteiger partial charge in [-0.2, -0.15) is 5.10 Å². The van der Waals surface area contributed by atoms with E-state index in [0.29, 0.717) is 0 Å². The van der Waals surface area contributed by atoms with Gasteiger partial charge in [-0.15, -0.1) is 0 Å².